The molecule has 0 heterocycles. The van der Waals surface area contributed by atoms with Crippen molar-refractivity contribution in [2.75, 3.05) is 19.4 Å². The lowest BCUT2D eigenvalue weighted by Crippen LogP contribution is -2.28. The van der Waals surface area contributed by atoms with Crippen LogP contribution in [-0.4, -0.2) is 27.8 Å². The third-order valence-electron chi connectivity index (χ3n) is 2.63. The summed E-state index contributed by atoms with van der Waals surface area (Å²) in [5.74, 6) is 0.980. The van der Waals surface area contributed by atoms with Crippen LogP contribution >= 0.6 is 0 Å². The first kappa shape index (κ1) is 15.0. The Kier molecular flexibility index (Phi) is 5.62. The normalized spacial score (nSPS) is 11.5. The highest BCUT2D eigenvalue weighted by molar-refractivity contribution is 7.89. The molecule has 0 fully saturated rings. The van der Waals surface area contributed by atoms with E-state index in [2.05, 4.69) is 4.72 Å². The zero-order chi connectivity index (χ0) is 13.6. The summed E-state index contributed by atoms with van der Waals surface area (Å²) in [6.45, 7) is 4.26. The van der Waals surface area contributed by atoms with Gasteiger partial charge in [-0.15, -0.1) is 0 Å². The Morgan fingerprint density at radius 3 is 2.67 bits per heavy atom. The fourth-order valence-corrected chi connectivity index (χ4v) is 2.88. The lowest BCUT2D eigenvalue weighted by molar-refractivity contribution is 0.409. The first-order chi connectivity index (χ1) is 8.48. The molecule has 0 aliphatic rings. The molecule has 1 N–H and O–H groups in total. The molecule has 1 aromatic rings. The molecule has 4 nitrogen and oxygen atoms in total. The highest BCUT2D eigenvalue weighted by Gasteiger charge is 2.09. The van der Waals surface area contributed by atoms with Gasteiger partial charge in [-0.1, -0.05) is 24.6 Å². The van der Waals surface area contributed by atoms with Gasteiger partial charge in [-0.05, 0) is 31.4 Å². The largest absolute Gasteiger partial charge is 0.496 e. The number of aryl methyl sites for hydroxylation is 1. The van der Waals surface area contributed by atoms with Gasteiger partial charge in [0.05, 0.1) is 12.9 Å². The van der Waals surface area contributed by atoms with Gasteiger partial charge >= 0.3 is 0 Å². The van der Waals surface area contributed by atoms with Gasteiger partial charge in [0.1, 0.15) is 5.75 Å². The molecule has 0 spiro atoms. The Morgan fingerprint density at radius 1 is 1.33 bits per heavy atom. The summed E-state index contributed by atoms with van der Waals surface area (Å²) >= 11 is 0. The Balaban J connectivity index is 2.61. The monoisotopic (exact) mass is 271 g/mol. The van der Waals surface area contributed by atoms with E-state index < -0.39 is 10.0 Å². The molecule has 1 aromatic carbocycles. The second-order valence-electron chi connectivity index (χ2n) is 4.28. The number of hydrogen-bond donors (Lipinski definition) is 1. The highest BCUT2D eigenvalue weighted by atomic mass is 32.2. The van der Waals surface area contributed by atoms with Gasteiger partial charge in [0.2, 0.25) is 10.0 Å². The molecule has 1 rings (SSSR count). The van der Waals surface area contributed by atoms with Crippen molar-refractivity contribution in [1.29, 1.82) is 0 Å². The van der Waals surface area contributed by atoms with Gasteiger partial charge in [-0.3, -0.25) is 0 Å². The smallest absolute Gasteiger partial charge is 0.211 e. The van der Waals surface area contributed by atoms with Crippen LogP contribution in [0.5, 0.6) is 5.75 Å². The van der Waals surface area contributed by atoms with Gasteiger partial charge in [0, 0.05) is 6.54 Å². The van der Waals surface area contributed by atoms with Crippen LogP contribution in [0.1, 0.15) is 24.5 Å². The van der Waals surface area contributed by atoms with Crippen molar-refractivity contribution in [3.05, 3.63) is 29.3 Å². The summed E-state index contributed by atoms with van der Waals surface area (Å²) < 4.78 is 30.8. The minimum Gasteiger partial charge on any atom is -0.496 e. The molecular formula is C13H21NO3S. The standard InChI is InChI=1S/C13H21NO3S/c1-4-9-18(15,16)14-8-7-12-10-11(2)5-6-13(12)17-3/h5-6,10,14H,4,7-9H2,1-3H3. The molecule has 0 aliphatic heterocycles. The van der Waals surface area contributed by atoms with Crippen molar-refractivity contribution in [2.45, 2.75) is 26.7 Å². The minimum absolute atomic E-state index is 0.179. The van der Waals surface area contributed by atoms with Gasteiger partial charge in [-0.2, -0.15) is 0 Å². The van der Waals surface area contributed by atoms with Crippen molar-refractivity contribution in [2.24, 2.45) is 0 Å². The zero-order valence-electron chi connectivity index (χ0n) is 11.2. The van der Waals surface area contributed by atoms with Crippen LogP contribution in [0.3, 0.4) is 0 Å². The van der Waals surface area contributed by atoms with Crippen LogP contribution in [0.15, 0.2) is 18.2 Å². The Bertz CT molecular complexity index is 483. The highest BCUT2D eigenvalue weighted by Crippen LogP contribution is 2.19. The SMILES string of the molecule is CCCS(=O)(=O)NCCc1cc(C)ccc1OC. The lowest BCUT2D eigenvalue weighted by Gasteiger charge is -2.10. The summed E-state index contributed by atoms with van der Waals surface area (Å²) in [7, 11) is -1.50. The zero-order valence-corrected chi connectivity index (χ0v) is 12.0. The summed E-state index contributed by atoms with van der Waals surface area (Å²) in [6.07, 6.45) is 1.26. The third kappa shape index (κ3) is 4.66. The van der Waals surface area contributed by atoms with Crippen LogP contribution in [0.2, 0.25) is 0 Å². The second kappa shape index (κ2) is 6.75. The summed E-state index contributed by atoms with van der Waals surface area (Å²) in [5.41, 5.74) is 2.17. The van der Waals surface area contributed by atoms with Crippen molar-refractivity contribution in [1.82, 2.24) is 4.72 Å². The second-order valence-corrected chi connectivity index (χ2v) is 6.20. The fraction of sp³-hybridized carbons (Fsp3) is 0.538. The number of nitrogens with one attached hydrogen (secondary N) is 1. The Labute approximate surface area is 109 Å². The predicted octanol–water partition coefficient (Wildman–Crippen LogP) is 1.88. The van der Waals surface area contributed by atoms with E-state index in [1.807, 2.05) is 32.0 Å². The molecule has 0 atom stereocenters. The van der Waals surface area contributed by atoms with E-state index in [4.69, 9.17) is 4.74 Å². The summed E-state index contributed by atoms with van der Waals surface area (Å²) in [6, 6.07) is 5.90. The fourth-order valence-electron chi connectivity index (χ4n) is 1.78. The van der Waals surface area contributed by atoms with Gasteiger partial charge < -0.3 is 4.74 Å². The maximum absolute atomic E-state index is 11.5. The Hall–Kier alpha value is -1.07. The predicted molar refractivity (Wildman–Crippen MR) is 73.5 cm³/mol. The number of hydrogen-bond acceptors (Lipinski definition) is 3. The molecule has 102 valence electrons. The maximum atomic E-state index is 11.5. The maximum Gasteiger partial charge on any atom is 0.211 e. The minimum atomic E-state index is -3.12. The molecule has 18 heavy (non-hydrogen) atoms. The van der Waals surface area contributed by atoms with Gasteiger partial charge in [-0.25, -0.2) is 13.1 Å². The van der Waals surface area contributed by atoms with Crippen LogP contribution < -0.4 is 9.46 Å². The van der Waals surface area contributed by atoms with Crippen molar-refractivity contribution < 1.29 is 13.2 Å². The molecule has 0 saturated carbocycles. The molecule has 0 unspecified atom stereocenters. The molecule has 0 bridgehead atoms. The van der Waals surface area contributed by atoms with E-state index in [1.54, 1.807) is 7.11 Å². The van der Waals surface area contributed by atoms with Crippen LogP contribution in [0.4, 0.5) is 0 Å². The van der Waals surface area contributed by atoms with Crippen LogP contribution in [0, 0.1) is 6.92 Å². The molecule has 5 heteroatoms. The van der Waals surface area contributed by atoms with Crippen molar-refractivity contribution in [3.8, 4) is 5.75 Å². The first-order valence-corrected chi connectivity index (χ1v) is 7.74. The van der Waals surface area contributed by atoms with E-state index in [0.717, 1.165) is 16.9 Å². The molecular weight excluding hydrogens is 250 g/mol. The number of methoxy groups -OCH3 is 1. The molecule has 0 saturated heterocycles. The number of ether oxygens (including phenoxy) is 1. The first-order valence-electron chi connectivity index (χ1n) is 6.09. The topological polar surface area (TPSA) is 55.4 Å². The van der Waals surface area contributed by atoms with Crippen LogP contribution in [-0.2, 0) is 16.4 Å². The van der Waals surface area contributed by atoms with Crippen molar-refractivity contribution >= 4 is 10.0 Å². The lowest BCUT2D eigenvalue weighted by atomic mass is 10.1. The number of benzene rings is 1. The van der Waals surface area contributed by atoms with Crippen molar-refractivity contribution in [3.63, 3.8) is 0 Å². The third-order valence-corrected chi connectivity index (χ3v) is 4.21. The van der Waals surface area contributed by atoms with E-state index in [0.29, 0.717) is 19.4 Å². The summed E-state index contributed by atoms with van der Waals surface area (Å²) in [4.78, 5) is 0. The number of rotatable bonds is 7. The van der Waals surface area contributed by atoms with Gasteiger partial charge in [0.15, 0.2) is 0 Å². The molecule has 0 aromatic heterocycles. The molecule has 0 radical (unpaired) electrons. The van der Waals surface area contributed by atoms with Gasteiger partial charge in [0.25, 0.3) is 0 Å². The van der Waals surface area contributed by atoms with Crippen LogP contribution in [0.25, 0.3) is 0 Å². The average molecular weight is 271 g/mol. The Morgan fingerprint density at radius 2 is 2.06 bits per heavy atom. The molecule has 0 amide bonds. The number of sulfonamides is 1. The van der Waals surface area contributed by atoms with E-state index in [-0.39, 0.29) is 5.75 Å². The van der Waals surface area contributed by atoms with E-state index in [1.165, 1.54) is 0 Å². The quantitative estimate of drug-likeness (QED) is 0.823. The van der Waals surface area contributed by atoms with E-state index in [9.17, 15) is 8.42 Å². The molecule has 0 aliphatic carbocycles. The average Bonchev–Trinajstić information content (AvgIpc) is 2.29. The van der Waals surface area contributed by atoms with E-state index >= 15 is 0 Å². The summed E-state index contributed by atoms with van der Waals surface area (Å²) in [5, 5.41) is 0.